The van der Waals surface area contributed by atoms with E-state index in [4.69, 9.17) is 9.57 Å². The molecule has 3 aliphatic rings. The second-order valence-electron chi connectivity index (χ2n) is 20.7. The first-order chi connectivity index (χ1) is 31.5. The average Bonchev–Trinajstić information content (AvgIpc) is 3.74. The van der Waals surface area contributed by atoms with Crippen LogP contribution in [0.1, 0.15) is 76.5 Å². The monoisotopic (exact) mass is 976 g/mol. The van der Waals surface area contributed by atoms with E-state index in [9.17, 15) is 40.3 Å². The fourth-order valence-corrected chi connectivity index (χ4v) is 9.89. The first kappa shape index (κ1) is 51.9. The summed E-state index contributed by atoms with van der Waals surface area (Å²) < 4.78 is 79.7. The van der Waals surface area contributed by atoms with Gasteiger partial charge in [-0.05, 0) is 92.1 Å². The Morgan fingerprint density at radius 3 is 1.94 bits per heavy atom. The highest BCUT2D eigenvalue weighted by Gasteiger charge is 2.45. The Morgan fingerprint density at radius 2 is 1.35 bits per heavy atom. The van der Waals surface area contributed by atoms with Crippen molar-refractivity contribution >= 4 is 55.1 Å². The summed E-state index contributed by atoms with van der Waals surface area (Å²) in [6, 6.07) is 16.5. The largest absolute Gasteiger partial charge is 0.457 e. The number of ether oxygens (including phenoxy) is 1. The molecule has 6 rings (SSSR count). The van der Waals surface area contributed by atoms with E-state index in [0.29, 0.717) is 29.7 Å². The number of allylic oxidation sites excluding steroid dienone is 5. The SMILES string of the molecule is CC1(C)C(/C=C/C(=C/C=C2/N(CCC[N+](C)(C)C)c3ccc(S(=O)(=O)O)cc3C2(C)C)Oc2ccc(CCC(=O)ON3C(=O)CCC3=O)cc2)=[N+](CCC[N+](C)(C)C)c2ccc(S(=O)(=O)O)cc21. The summed E-state index contributed by atoms with van der Waals surface area (Å²) in [7, 11) is 3.78. The van der Waals surface area contributed by atoms with Crippen molar-refractivity contribution < 1.29 is 63.4 Å². The second-order valence-corrected chi connectivity index (χ2v) is 23.6. The van der Waals surface area contributed by atoms with Gasteiger partial charge in [0.1, 0.15) is 11.5 Å². The normalized spacial score (nSPS) is 18.0. The van der Waals surface area contributed by atoms with Gasteiger partial charge in [0.05, 0.1) is 83.4 Å². The average molecular weight is 977 g/mol. The smallest absolute Gasteiger partial charge is 0.333 e. The molecule has 1 saturated heterocycles. The number of hydrogen-bond acceptors (Lipinski definition) is 10. The lowest BCUT2D eigenvalue weighted by atomic mass is 9.81. The molecule has 366 valence electrons. The van der Waals surface area contributed by atoms with E-state index >= 15 is 0 Å². The summed E-state index contributed by atoms with van der Waals surface area (Å²) in [6.45, 7) is 11.0. The van der Waals surface area contributed by atoms with Gasteiger partial charge in [0, 0.05) is 60.3 Å². The van der Waals surface area contributed by atoms with E-state index in [1.807, 2.05) is 52.0 Å². The van der Waals surface area contributed by atoms with Crippen LogP contribution in [0.5, 0.6) is 5.75 Å². The summed E-state index contributed by atoms with van der Waals surface area (Å²) in [4.78, 5) is 43.3. The third-order valence-electron chi connectivity index (χ3n) is 12.5. The standard InChI is InChI=1S/C50H64N5O11S2/c1-49(2)40-33-38(67(59,60)61)20-22-42(40)51(29-11-31-54(5,6)7)44(49)24-18-37(65-36-16-13-35(14-17-36)15-28-48(58)66-53-46(56)26-27-47(53)57)19-25-45-50(3,4)41-34-39(68(62,63)64)21-23-43(41)52(45)30-12-32-55(8,9)10/h13-14,16-25,33-34H,11-12,15,26-32H2,1-10H3/q+1/p+2. The molecule has 0 radical (unpaired) electrons. The zero-order valence-corrected chi connectivity index (χ0v) is 42.4. The van der Waals surface area contributed by atoms with Crippen molar-refractivity contribution in [3.8, 4) is 5.75 Å². The molecule has 1 fully saturated rings. The van der Waals surface area contributed by atoms with Crippen LogP contribution in [0.3, 0.4) is 0 Å². The van der Waals surface area contributed by atoms with Gasteiger partial charge in [-0.15, -0.1) is 5.06 Å². The highest BCUT2D eigenvalue weighted by molar-refractivity contribution is 7.86. The molecule has 18 heteroatoms. The van der Waals surface area contributed by atoms with Crippen molar-refractivity contribution in [3.63, 3.8) is 0 Å². The number of hydroxylamine groups is 2. The highest BCUT2D eigenvalue weighted by atomic mass is 32.2. The molecular weight excluding hydrogens is 911 g/mol. The summed E-state index contributed by atoms with van der Waals surface area (Å²) >= 11 is 0. The van der Waals surface area contributed by atoms with Crippen molar-refractivity contribution in [3.05, 3.63) is 113 Å². The third kappa shape index (κ3) is 12.2. The van der Waals surface area contributed by atoms with Gasteiger partial charge in [-0.3, -0.25) is 18.7 Å². The van der Waals surface area contributed by atoms with E-state index < -0.39 is 48.8 Å². The molecule has 0 aromatic heterocycles. The lowest BCUT2D eigenvalue weighted by molar-refractivity contribution is -0.871. The molecule has 0 bridgehead atoms. The van der Waals surface area contributed by atoms with Gasteiger partial charge >= 0.3 is 5.97 Å². The molecule has 3 aromatic carbocycles. The molecule has 2 N–H and O–H groups in total. The number of hydrogen-bond donors (Lipinski definition) is 2. The van der Waals surface area contributed by atoms with Gasteiger partial charge in [-0.2, -0.15) is 21.4 Å². The minimum Gasteiger partial charge on any atom is -0.457 e. The molecule has 3 aliphatic heterocycles. The Hall–Kier alpha value is -5.50. The molecular formula is C50H66N5O11S2+3. The lowest BCUT2D eigenvalue weighted by Crippen LogP contribution is -2.37. The fourth-order valence-electron chi connectivity index (χ4n) is 8.88. The van der Waals surface area contributed by atoms with Crippen LogP contribution in [-0.4, -0.2) is 137 Å². The molecule has 16 nitrogen and oxygen atoms in total. The number of anilines is 1. The summed E-state index contributed by atoms with van der Waals surface area (Å²) in [5, 5.41) is 0.535. The number of carbonyl (C=O) groups is 3. The molecule has 0 atom stereocenters. The van der Waals surface area contributed by atoms with Gasteiger partial charge in [0.2, 0.25) is 5.69 Å². The Morgan fingerprint density at radius 1 is 0.779 bits per heavy atom. The van der Waals surface area contributed by atoms with E-state index in [1.165, 1.54) is 24.3 Å². The van der Waals surface area contributed by atoms with Crippen LogP contribution in [0.25, 0.3) is 0 Å². The number of quaternary nitrogens is 2. The van der Waals surface area contributed by atoms with Crippen LogP contribution in [0.4, 0.5) is 11.4 Å². The minimum atomic E-state index is -4.48. The van der Waals surface area contributed by atoms with Crippen LogP contribution in [0, 0.1) is 0 Å². The second kappa shape index (κ2) is 19.5. The van der Waals surface area contributed by atoms with Crippen LogP contribution in [-0.2, 0) is 56.7 Å². The number of benzene rings is 3. The highest BCUT2D eigenvalue weighted by Crippen LogP contribution is 2.49. The molecule has 0 unspecified atom stereocenters. The van der Waals surface area contributed by atoms with E-state index in [1.54, 1.807) is 36.4 Å². The van der Waals surface area contributed by atoms with Crippen molar-refractivity contribution in [2.75, 3.05) is 73.4 Å². The van der Waals surface area contributed by atoms with Gasteiger partial charge < -0.3 is 23.4 Å². The summed E-state index contributed by atoms with van der Waals surface area (Å²) in [5.74, 6) is -0.893. The number of nitrogens with zero attached hydrogens (tertiary/aromatic N) is 5. The number of carbonyl (C=O) groups excluding carboxylic acids is 3. The van der Waals surface area contributed by atoms with Gasteiger partial charge in [0.15, 0.2) is 12.3 Å². The first-order valence-corrected chi connectivity index (χ1v) is 25.6. The fraction of sp³-hybridized carbons (Fsp3) is 0.440. The number of imide groups is 1. The maximum atomic E-state index is 12.5. The Bertz CT molecular complexity index is 2820. The first-order valence-electron chi connectivity index (χ1n) is 22.7. The molecule has 2 amide bonds. The van der Waals surface area contributed by atoms with Crippen molar-refractivity contribution in [1.82, 2.24) is 5.06 Å². The molecule has 3 heterocycles. The molecule has 0 spiro atoms. The lowest BCUT2D eigenvalue weighted by Gasteiger charge is -2.29. The number of rotatable bonds is 19. The summed E-state index contributed by atoms with van der Waals surface area (Å²) in [6.07, 6.45) is 9.50. The zero-order valence-electron chi connectivity index (χ0n) is 40.8. The molecule has 3 aromatic rings. The number of amides is 2. The molecule has 0 aliphatic carbocycles. The predicted molar refractivity (Wildman–Crippen MR) is 259 cm³/mol. The zero-order chi connectivity index (χ0) is 50.2. The maximum absolute atomic E-state index is 12.5. The maximum Gasteiger partial charge on any atom is 0.333 e. The van der Waals surface area contributed by atoms with Crippen molar-refractivity contribution in [1.29, 1.82) is 0 Å². The quantitative estimate of drug-likeness (QED) is 0.0333. The molecule has 68 heavy (non-hydrogen) atoms. The summed E-state index contributed by atoms with van der Waals surface area (Å²) in [5.41, 5.74) is 4.23. The number of fused-ring (bicyclic) bond motifs is 2. The Kier molecular flexibility index (Phi) is 14.9. The Labute approximate surface area is 401 Å². The van der Waals surface area contributed by atoms with Gasteiger partial charge in [0.25, 0.3) is 32.1 Å². The van der Waals surface area contributed by atoms with Crippen LogP contribution < -0.4 is 9.64 Å². The molecule has 0 saturated carbocycles. The van der Waals surface area contributed by atoms with Gasteiger partial charge in [-0.25, -0.2) is 4.79 Å². The van der Waals surface area contributed by atoms with Gasteiger partial charge in [-0.1, -0.05) is 26.0 Å². The minimum absolute atomic E-state index is 0.00647. The van der Waals surface area contributed by atoms with Crippen molar-refractivity contribution in [2.24, 2.45) is 0 Å². The van der Waals surface area contributed by atoms with E-state index in [2.05, 4.69) is 51.8 Å². The predicted octanol–water partition coefficient (Wildman–Crippen LogP) is 6.49. The topological polar surface area (TPSA) is 188 Å². The van der Waals surface area contributed by atoms with Crippen LogP contribution in [0.2, 0.25) is 0 Å². The Balaban J connectivity index is 1.41. The van der Waals surface area contributed by atoms with Crippen LogP contribution in [0.15, 0.2) is 106 Å². The van der Waals surface area contributed by atoms with E-state index in [-0.39, 0.29) is 35.5 Å². The van der Waals surface area contributed by atoms with Crippen LogP contribution >= 0.6 is 0 Å². The third-order valence-corrected chi connectivity index (χ3v) is 14.2. The number of aryl methyl sites for hydroxylation is 1. The van der Waals surface area contributed by atoms with Crippen molar-refractivity contribution in [2.45, 2.75) is 86.8 Å². The van der Waals surface area contributed by atoms with E-state index in [0.717, 1.165) is 74.4 Å².